The monoisotopic (exact) mass is 273 g/mol. The molecule has 4 heteroatoms. The van der Waals surface area contributed by atoms with E-state index in [1.54, 1.807) is 6.07 Å². The van der Waals surface area contributed by atoms with E-state index in [1.165, 1.54) is 25.3 Å². The van der Waals surface area contributed by atoms with Crippen LogP contribution >= 0.6 is 0 Å². The topological polar surface area (TPSA) is 39.1 Å². The van der Waals surface area contributed by atoms with Gasteiger partial charge in [0.25, 0.3) is 0 Å². The van der Waals surface area contributed by atoms with Crippen LogP contribution < -0.4 is 10.2 Å². The van der Waals surface area contributed by atoms with Crippen molar-refractivity contribution < 1.29 is 4.39 Å². The van der Waals surface area contributed by atoms with Gasteiger partial charge in [0.05, 0.1) is 5.69 Å². The summed E-state index contributed by atoms with van der Waals surface area (Å²) >= 11 is 0. The minimum atomic E-state index is -0.409. The zero-order valence-corrected chi connectivity index (χ0v) is 11.6. The molecule has 2 aliphatic heterocycles. The summed E-state index contributed by atoms with van der Waals surface area (Å²) in [5.41, 5.74) is 0.961. The van der Waals surface area contributed by atoms with Crippen molar-refractivity contribution in [1.82, 2.24) is 5.32 Å². The molecule has 1 aromatic carbocycles. The SMILES string of the molecule is N#Cc1c(F)cccc1N1CCCCC1C1CCCN1. The van der Waals surface area contributed by atoms with Gasteiger partial charge in [-0.1, -0.05) is 6.07 Å². The summed E-state index contributed by atoms with van der Waals surface area (Å²) in [5.74, 6) is -0.409. The number of nitrogens with zero attached hydrogens (tertiary/aromatic N) is 2. The van der Waals surface area contributed by atoms with Crippen LogP contribution in [0.2, 0.25) is 0 Å². The van der Waals surface area contributed by atoms with Gasteiger partial charge in [0.15, 0.2) is 0 Å². The van der Waals surface area contributed by atoms with Crippen LogP contribution in [0.5, 0.6) is 0 Å². The molecule has 1 N–H and O–H groups in total. The van der Waals surface area contributed by atoms with Crippen LogP contribution in [0.15, 0.2) is 18.2 Å². The highest BCUT2D eigenvalue weighted by molar-refractivity contribution is 5.61. The number of hydrogen-bond acceptors (Lipinski definition) is 3. The summed E-state index contributed by atoms with van der Waals surface area (Å²) in [6, 6.07) is 7.86. The molecule has 0 amide bonds. The number of piperidine rings is 1. The highest BCUT2D eigenvalue weighted by Gasteiger charge is 2.33. The summed E-state index contributed by atoms with van der Waals surface area (Å²) in [7, 11) is 0. The minimum Gasteiger partial charge on any atom is -0.366 e. The summed E-state index contributed by atoms with van der Waals surface area (Å²) in [6.07, 6.45) is 5.85. The predicted octanol–water partition coefficient (Wildman–Crippen LogP) is 2.81. The molecule has 1 aromatic rings. The molecular weight excluding hydrogens is 253 g/mol. The summed E-state index contributed by atoms with van der Waals surface area (Å²) in [6.45, 7) is 1.99. The van der Waals surface area contributed by atoms with Gasteiger partial charge in [-0.25, -0.2) is 4.39 Å². The van der Waals surface area contributed by atoms with Crippen LogP contribution in [-0.4, -0.2) is 25.2 Å². The fraction of sp³-hybridized carbons (Fsp3) is 0.562. The number of halogens is 1. The molecule has 0 bridgehead atoms. The molecule has 2 aliphatic rings. The van der Waals surface area contributed by atoms with Crippen LogP contribution in [0.4, 0.5) is 10.1 Å². The lowest BCUT2D eigenvalue weighted by molar-refractivity contribution is 0.378. The van der Waals surface area contributed by atoms with Crippen LogP contribution in [0, 0.1) is 17.1 Å². The van der Waals surface area contributed by atoms with Gasteiger partial charge in [-0.15, -0.1) is 0 Å². The van der Waals surface area contributed by atoms with Crippen LogP contribution in [0.1, 0.15) is 37.7 Å². The van der Waals surface area contributed by atoms with Crippen LogP contribution in [0.3, 0.4) is 0 Å². The summed E-state index contributed by atoms with van der Waals surface area (Å²) < 4.78 is 13.8. The number of hydrogen-bond donors (Lipinski definition) is 1. The maximum Gasteiger partial charge on any atom is 0.143 e. The average Bonchev–Trinajstić information content (AvgIpc) is 3.01. The Kier molecular flexibility index (Phi) is 3.88. The molecule has 2 fully saturated rings. The Morgan fingerprint density at radius 3 is 2.90 bits per heavy atom. The quantitative estimate of drug-likeness (QED) is 0.900. The van der Waals surface area contributed by atoms with Crippen LogP contribution in [0.25, 0.3) is 0 Å². The summed E-state index contributed by atoms with van der Waals surface area (Å²) in [4.78, 5) is 2.26. The molecule has 2 saturated heterocycles. The van der Waals surface area contributed by atoms with E-state index in [9.17, 15) is 9.65 Å². The van der Waals surface area contributed by atoms with E-state index in [0.29, 0.717) is 12.1 Å². The second kappa shape index (κ2) is 5.80. The van der Waals surface area contributed by atoms with Gasteiger partial charge in [0, 0.05) is 18.6 Å². The van der Waals surface area contributed by atoms with Gasteiger partial charge in [-0.05, 0) is 50.8 Å². The Morgan fingerprint density at radius 2 is 2.15 bits per heavy atom. The first-order valence-corrected chi connectivity index (χ1v) is 7.50. The number of benzene rings is 1. The fourth-order valence-corrected chi connectivity index (χ4v) is 3.58. The maximum absolute atomic E-state index is 13.8. The first kappa shape index (κ1) is 13.4. The van der Waals surface area contributed by atoms with Gasteiger partial charge in [0.2, 0.25) is 0 Å². The van der Waals surface area contributed by atoms with Crippen LogP contribution in [-0.2, 0) is 0 Å². The standard InChI is InChI=1S/C16H20FN3/c17-13-5-3-8-15(12(13)11-18)20-10-2-1-7-16(20)14-6-4-9-19-14/h3,5,8,14,16,19H,1-2,4,6-7,9-10H2. The molecule has 106 valence electrons. The molecular formula is C16H20FN3. The molecule has 0 radical (unpaired) electrons. The maximum atomic E-state index is 13.8. The predicted molar refractivity (Wildman–Crippen MR) is 77.1 cm³/mol. The largest absolute Gasteiger partial charge is 0.366 e. The zero-order chi connectivity index (χ0) is 13.9. The Balaban J connectivity index is 1.94. The molecule has 3 nitrogen and oxygen atoms in total. The van der Waals surface area contributed by atoms with Crippen molar-refractivity contribution in [1.29, 1.82) is 5.26 Å². The molecule has 0 aliphatic carbocycles. The molecule has 2 heterocycles. The number of nitrogens with one attached hydrogen (secondary N) is 1. The lowest BCUT2D eigenvalue weighted by Crippen LogP contribution is -2.50. The normalized spacial score (nSPS) is 26.5. The molecule has 20 heavy (non-hydrogen) atoms. The highest BCUT2D eigenvalue weighted by Crippen LogP contribution is 2.32. The lowest BCUT2D eigenvalue weighted by atomic mass is 9.93. The van der Waals surface area contributed by atoms with E-state index in [1.807, 2.05) is 12.1 Å². The van der Waals surface area contributed by atoms with Crippen molar-refractivity contribution in [3.05, 3.63) is 29.6 Å². The molecule has 0 aromatic heterocycles. The van der Waals surface area contributed by atoms with E-state index in [2.05, 4.69) is 10.2 Å². The Bertz CT molecular complexity index is 517. The first-order valence-electron chi connectivity index (χ1n) is 7.50. The average molecular weight is 273 g/mol. The third kappa shape index (κ3) is 2.38. The Morgan fingerprint density at radius 1 is 1.25 bits per heavy atom. The smallest absolute Gasteiger partial charge is 0.143 e. The number of rotatable bonds is 2. The lowest BCUT2D eigenvalue weighted by Gasteiger charge is -2.41. The third-order valence-corrected chi connectivity index (χ3v) is 4.52. The minimum absolute atomic E-state index is 0.192. The first-order chi connectivity index (χ1) is 9.81. The fourth-order valence-electron chi connectivity index (χ4n) is 3.58. The third-order valence-electron chi connectivity index (χ3n) is 4.52. The molecule has 2 unspecified atom stereocenters. The van der Waals surface area contributed by atoms with E-state index in [4.69, 9.17) is 0 Å². The molecule has 3 rings (SSSR count). The van der Waals surface area contributed by atoms with Crippen molar-refractivity contribution >= 4 is 5.69 Å². The Labute approximate surface area is 119 Å². The molecule has 0 spiro atoms. The van der Waals surface area contributed by atoms with Gasteiger partial charge >= 0.3 is 0 Å². The van der Waals surface area contributed by atoms with E-state index in [0.717, 1.165) is 31.6 Å². The van der Waals surface area contributed by atoms with Gasteiger partial charge in [0.1, 0.15) is 17.4 Å². The van der Waals surface area contributed by atoms with Crippen molar-refractivity contribution in [2.75, 3.05) is 18.0 Å². The number of anilines is 1. The van der Waals surface area contributed by atoms with E-state index >= 15 is 0 Å². The van der Waals surface area contributed by atoms with Crippen molar-refractivity contribution in [3.8, 4) is 6.07 Å². The van der Waals surface area contributed by atoms with E-state index < -0.39 is 5.82 Å². The second-order valence-corrected chi connectivity index (χ2v) is 5.71. The van der Waals surface area contributed by atoms with E-state index in [-0.39, 0.29) is 5.56 Å². The second-order valence-electron chi connectivity index (χ2n) is 5.71. The Hall–Kier alpha value is -1.60. The zero-order valence-electron chi connectivity index (χ0n) is 11.6. The van der Waals surface area contributed by atoms with Gasteiger partial charge < -0.3 is 10.2 Å². The highest BCUT2D eigenvalue weighted by atomic mass is 19.1. The molecule has 2 atom stereocenters. The van der Waals surface area contributed by atoms with Gasteiger partial charge in [-0.3, -0.25) is 0 Å². The van der Waals surface area contributed by atoms with Crippen molar-refractivity contribution in [2.24, 2.45) is 0 Å². The summed E-state index contributed by atoms with van der Waals surface area (Å²) in [5, 5.41) is 12.8. The van der Waals surface area contributed by atoms with Crippen molar-refractivity contribution in [3.63, 3.8) is 0 Å². The van der Waals surface area contributed by atoms with Crippen molar-refractivity contribution in [2.45, 2.75) is 44.2 Å². The van der Waals surface area contributed by atoms with Gasteiger partial charge in [-0.2, -0.15) is 5.26 Å². The number of nitriles is 1. The molecule has 0 saturated carbocycles.